The van der Waals surface area contributed by atoms with Crippen molar-refractivity contribution in [1.82, 2.24) is 5.32 Å². The molecule has 2 N–H and O–H groups in total. The van der Waals surface area contributed by atoms with E-state index in [9.17, 15) is 0 Å². The van der Waals surface area contributed by atoms with Gasteiger partial charge in [-0.15, -0.1) is 0 Å². The van der Waals surface area contributed by atoms with Crippen LogP contribution in [0.3, 0.4) is 0 Å². The Hall–Kier alpha value is -1.06. The van der Waals surface area contributed by atoms with Crippen molar-refractivity contribution >= 4 is 0 Å². The van der Waals surface area contributed by atoms with Gasteiger partial charge in [-0.05, 0) is 37.6 Å². The molecule has 15 heavy (non-hydrogen) atoms. The normalized spacial score (nSPS) is 12.5. The summed E-state index contributed by atoms with van der Waals surface area (Å²) in [5.41, 5.74) is 1.23. The molecule has 0 aliphatic carbocycles. The predicted molar refractivity (Wildman–Crippen MR) is 61.1 cm³/mol. The molecule has 0 aromatic heterocycles. The maximum absolute atomic E-state index is 8.66. The van der Waals surface area contributed by atoms with Gasteiger partial charge in [-0.25, -0.2) is 0 Å². The molecular formula is C12H19NO2. The van der Waals surface area contributed by atoms with Crippen molar-refractivity contribution in [2.75, 3.05) is 20.3 Å². The lowest BCUT2D eigenvalue weighted by Crippen LogP contribution is -2.20. The molecule has 1 rings (SSSR count). The largest absolute Gasteiger partial charge is 0.497 e. The second-order valence-electron chi connectivity index (χ2n) is 3.53. The minimum absolute atomic E-state index is 0.238. The van der Waals surface area contributed by atoms with Crippen LogP contribution < -0.4 is 10.1 Å². The number of rotatable bonds is 6. The molecule has 0 aliphatic heterocycles. The van der Waals surface area contributed by atoms with Gasteiger partial charge in [-0.1, -0.05) is 12.1 Å². The zero-order valence-electron chi connectivity index (χ0n) is 9.36. The lowest BCUT2D eigenvalue weighted by molar-refractivity contribution is 0.284. The SMILES string of the molecule is COc1ccc(C(C)NCCCO)cc1. The van der Waals surface area contributed by atoms with E-state index in [1.807, 2.05) is 12.1 Å². The highest BCUT2D eigenvalue weighted by atomic mass is 16.5. The molecule has 0 saturated carbocycles. The summed E-state index contributed by atoms with van der Waals surface area (Å²) >= 11 is 0. The fourth-order valence-corrected chi connectivity index (χ4v) is 1.41. The molecule has 84 valence electrons. The molecule has 0 saturated heterocycles. The molecule has 0 aliphatic rings. The average Bonchev–Trinajstić information content (AvgIpc) is 2.29. The molecule has 0 radical (unpaired) electrons. The quantitative estimate of drug-likeness (QED) is 0.701. The number of ether oxygens (including phenoxy) is 1. The Labute approximate surface area is 91.1 Å². The predicted octanol–water partition coefficient (Wildman–Crippen LogP) is 1.73. The first kappa shape index (κ1) is 12.0. The number of methoxy groups -OCH3 is 1. The average molecular weight is 209 g/mol. The first-order valence-corrected chi connectivity index (χ1v) is 5.26. The van der Waals surface area contributed by atoms with Crippen LogP contribution in [0, 0.1) is 0 Å². The molecule has 3 heteroatoms. The van der Waals surface area contributed by atoms with Crippen LogP contribution >= 0.6 is 0 Å². The summed E-state index contributed by atoms with van der Waals surface area (Å²) in [6, 6.07) is 8.33. The van der Waals surface area contributed by atoms with Crippen LogP contribution in [0.2, 0.25) is 0 Å². The second-order valence-corrected chi connectivity index (χ2v) is 3.53. The van der Waals surface area contributed by atoms with E-state index in [-0.39, 0.29) is 6.61 Å². The van der Waals surface area contributed by atoms with Crippen molar-refractivity contribution < 1.29 is 9.84 Å². The zero-order valence-corrected chi connectivity index (χ0v) is 9.36. The monoisotopic (exact) mass is 209 g/mol. The Balaban J connectivity index is 2.46. The third-order valence-electron chi connectivity index (χ3n) is 2.40. The van der Waals surface area contributed by atoms with Gasteiger partial charge in [0.2, 0.25) is 0 Å². The van der Waals surface area contributed by atoms with Gasteiger partial charge >= 0.3 is 0 Å². The van der Waals surface area contributed by atoms with Gasteiger partial charge in [0.05, 0.1) is 7.11 Å². The maximum atomic E-state index is 8.66. The van der Waals surface area contributed by atoms with Crippen molar-refractivity contribution in [2.24, 2.45) is 0 Å². The lowest BCUT2D eigenvalue weighted by Gasteiger charge is -2.14. The van der Waals surface area contributed by atoms with E-state index in [1.54, 1.807) is 7.11 Å². The number of nitrogens with one attached hydrogen (secondary N) is 1. The summed E-state index contributed by atoms with van der Waals surface area (Å²) in [7, 11) is 1.66. The van der Waals surface area contributed by atoms with Crippen molar-refractivity contribution in [2.45, 2.75) is 19.4 Å². The molecule has 1 aromatic rings. The highest BCUT2D eigenvalue weighted by molar-refractivity contribution is 5.28. The minimum Gasteiger partial charge on any atom is -0.497 e. The van der Waals surface area contributed by atoms with Gasteiger partial charge in [0, 0.05) is 12.6 Å². The molecule has 1 aromatic carbocycles. The second kappa shape index (κ2) is 6.43. The van der Waals surface area contributed by atoms with E-state index < -0.39 is 0 Å². The molecule has 1 unspecified atom stereocenters. The topological polar surface area (TPSA) is 41.5 Å². The maximum Gasteiger partial charge on any atom is 0.118 e. The molecule has 0 spiro atoms. The molecule has 1 atom stereocenters. The van der Waals surface area contributed by atoms with Crippen molar-refractivity contribution in [3.63, 3.8) is 0 Å². The van der Waals surface area contributed by atoms with Gasteiger partial charge in [-0.2, -0.15) is 0 Å². The number of aliphatic hydroxyl groups is 1. The number of benzene rings is 1. The Kier molecular flexibility index (Phi) is 5.15. The van der Waals surface area contributed by atoms with E-state index in [0.717, 1.165) is 18.7 Å². The summed E-state index contributed by atoms with van der Waals surface area (Å²) in [4.78, 5) is 0. The van der Waals surface area contributed by atoms with Gasteiger partial charge in [0.15, 0.2) is 0 Å². The summed E-state index contributed by atoms with van der Waals surface area (Å²) in [5, 5.41) is 12.0. The fraction of sp³-hybridized carbons (Fsp3) is 0.500. The fourth-order valence-electron chi connectivity index (χ4n) is 1.41. The van der Waals surface area contributed by atoms with Crippen molar-refractivity contribution in [3.8, 4) is 5.75 Å². The first-order valence-electron chi connectivity index (χ1n) is 5.26. The Morgan fingerprint density at radius 1 is 1.33 bits per heavy atom. The van der Waals surface area contributed by atoms with Crippen LogP contribution in [0.1, 0.15) is 24.9 Å². The molecule has 0 amide bonds. The summed E-state index contributed by atoms with van der Waals surface area (Å²) < 4.78 is 5.09. The Morgan fingerprint density at radius 3 is 2.53 bits per heavy atom. The van der Waals surface area contributed by atoms with E-state index in [1.165, 1.54) is 5.56 Å². The van der Waals surface area contributed by atoms with E-state index >= 15 is 0 Å². The lowest BCUT2D eigenvalue weighted by atomic mass is 10.1. The molecule has 0 bridgehead atoms. The van der Waals surface area contributed by atoms with E-state index in [4.69, 9.17) is 9.84 Å². The molecule has 0 heterocycles. The Bertz CT molecular complexity index is 271. The van der Waals surface area contributed by atoms with Crippen LogP contribution in [-0.4, -0.2) is 25.4 Å². The van der Waals surface area contributed by atoms with Crippen molar-refractivity contribution in [1.29, 1.82) is 0 Å². The van der Waals surface area contributed by atoms with Gasteiger partial charge in [0.1, 0.15) is 5.75 Å². The van der Waals surface area contributed by atoms with E-state index in [0.29, 0.717) is 6.04 Å². The Morgan fingerprint density at radius 2 is 2.00 bits per heavy atom. The van der Waals surface area contributed by atoms with Crippen LogP contribution in [0.25, 0.3) is 0 Å². The third-order valence-corrected chi connectivity index (χ3v) is 2.40. The number of hydrogen-bond donors (Lipinski definition) is 2. The first-order chi connectivity index (χ1) is 7.27. The number of aliphatic hydroxyl groups excluding tert-OH is 1. The minimum atomic E-state index is 0.238. The highest BCUT2D eigenvalue weighted by Gasteiger charge is 2.03. The highest BCUT2D eigenvalue weighted by Crippen LogP contribution is 2.16. The molecular weight excluding hydrogens is 190 g/mol. The van der Waals surface area contributed by atoms with Gasteiger partial charge in [0.25, 0.3) is 0 Å². The zero-order chi connectivity index (χ0) is 11.1. The smallest absolute Gasteiger partial charge is 0.118 e. The van der Waals surface area contributed by atoms with Crippen LogP contribution in [0.5, 0.6) is 5.75 Å². The van der Waals surface area contributed by atoms with Gasteiger partial charge < -0.3 is 15.2 Å². The van der Waals surface area contributed by atoms with Crippen LogP contribution in [-0.2, 0) is 0 Å². The number of hydrogen-bond acceptors (Lipinski definition) is 3. The molecule has 3 nitrogen and oxygen atoms in total. The van der Waals surface area contributed by atoms with Crippen LogP contribution in [0.4, 0.5) is 0 Å². The van der Waals surface area contributed by atoms with Gasteiger partial charge in [-0.3, -0.25) is 0 Å². The van der Waals surface area contributed by atoms with Crippen molar-refractivity contribution in [3.05, 3.63) is 29.8 Å². The summed E-state index contributed by atoms with van der Waals surface area (Å²) in [6.45, 7) is 3.19. The molecule has 0 fully saturated rings. The van der Waals surface area contributed by atoms with Crippen LogP contribution in [0.15, 0.2) is 24.3 Å². The van der Waals surface area contributed by atoms with E-state index in [2.05, 4.69) is 24.4 Å². The summed E-state index contributed by atoms with van der Waals surface area (Å²) in [5.74, 6) is 0.876. The summed E-state index contributed by atoms with van der Waals surface area (Å²) in [6.07, 6.45) is 0.792. The third kappa shape index (κ3) is 3.90. The standard InChI is InChI=1S/C12H19NO2/c1-10(13-8-3-9-14)11-4-6-12(15-2)7-5-11/h4-7,10,13-14H,3,8-9H2,1-2H3.